The molecule has 47 heavy (non-hydrogen) atoms. The van der Waals surface area contributed by atoms with Crippen LogP contribution in [0.1, 0.15) is 84.4 Å². The number of ketones is 1. The number of carbonyl (C=O) groups is 3. The zero-order valence-corrected chi connectivity index (χ0v) is 30.4. The van der Waals surface area contributed by atoms with E-state index in [9.17, 15) is 14.4 Å². The molecule has 0 spiro atoms. The number of anilines is 2. The molecule has 1 amide bonds. The molecule has 0 saturated carbocycles. The number of benzene rings is 2. The lowest BCUT2D eigenvalue weighted by molar-refractivity contribution is -0.142. The molecule has 1 atom stereocenters. The molecule has 0 N–H and O–H groups in total. The van der Waals surface area contributed by atoms with E-state index in [-0.39, 0.29) is 47.9 Å². The molecule has 1 fully saturated rings. The SMILES string of the molecule is CCCCN1c2ccc(CC(=O)CN3C(=O)/C(=C\C=C4/N(CCC(=O)OCC)c5ccccc5C4(C)C)SC3=S)cc2C(C)(C)C1C. The standard InChI is InChI=1S/C38H47N3O4S2/c1-8-10-20-39-25(3)37(4,5)29-23-26(15-16-31(29)39)22-27(42)24-41-35(44)32(47-36(41)46)17-18-33-38(6,7)28-13-11-12-14-30(28)40(33)21-19-34(43)45-9-2/h11-18,23,25H,8-10,19-22,24H2,1-7H3/b32-17+,33-18-. The number of unbranched alkanes of at least 4 members (excludes halogenated alkanes) is 1. The normalized spacial score (nSPS) is 21.2. The summed E-state index contributed by atoms with van der Waals surface area (Å²) in [5, 5.41) is 0. The monoisotopic (exact) mass is 673 g/mol. The number of thiocarbonyl (C=S) groups is 1. The van der Waals surface area contributed by atoms with Gasteiger partial charge < -0.3 is 14.5 Å². The number of thioether (sulfide) groups is 1. The van der Waals surface area contributed by atoms with E-state index in [4.69, 9.17) is 17.0 Å². The topological polar surface area (TPSA) is 70.2 Å². The zero-order chi connectivity index (χ0) is 34.1. The van der Waals surface area contributed by atoms with Crippen molar-refractivity contribution in [3.8, 4) is 0 Å². The van der Waals surface area contributed by atoms with Crippen molar-refractivity contribution in [1.82, 2.24) is 4.90 Å². The van der Waals surface area contributed by atoms with E-state index in [2.05, 4.69) is 81.7 Å². The maximum Gasteiger partial charge on any atom is 0.307 e. The third-order valence-corrected chi connectivity index (χ3v) is 11.4. The summed E-state index contributed by atoms with van der Waals surface area (Å²) in [6.45, 7) is 16.9. The molecule has 3 aliphatic rings. The highest BCUT2D eigenvalue weighted by molar-refractivity contribution is 8.26. The number of allylic oxidation sites excluding steroid dienone is 3. The predicted octanol–water partition coefficient (Wildman–Crippen LogP) is 7.46. The minimum Gasteiger partial charge on any atom is -0.466 e. The summed E-state index contributed by atoms with van der Waals surface area (Å²) in [6, 6.07) is 14.9. The van der Waals surface area contributed by atoms with E-state index in [1.165, 1.54) is 27.9 Å². The van der Waals surface area contributed by atoms with Gasteiger partial charge in [-0.25, -0.2) is 0 Å². The number of ether oxygens (including phenoxy) is 1. The first-order valence-corrected chi connectivity index (χ1v) is 17.9. The number of hydrogen-bond acceptors (Lipinski definition) is 8. The molecular formula is C38H47N3O4S2. The molecule has 3 heterocycles. The molecule has 2 aromatic rings. The zero-order valence-electron chi connectivity index (χ0n) is 28.7. The number of Topliss-reactive ketones (excluding diaryl/α,β-unsaturated/α-hetero) is 1. The van der Waals surface area contributed by atoms with E-state index < -0.39 is 0 Å². The quantitative estimate of drug-likeness (QED) is 0.131. The lowest BCUT2D eigenvalue weighted by Crippen LogP contribution is -2.39. The summed E-state index contributed by atoms with van der Waals surface area (Å²) in [4.78, 5) is 45.6. The van der Waals surface area contributed by atoms with Crippen LogP contribution in [0, 0.1) is 0 Å². The maximum atomic E-state index is 13.5. The summed E-state index contributed by atoms with van der Waals surface area (Å²) in [5.74, 6) is -0.552. The first-order chi connectivity index (χ1) is 22.3. The number of nitrogens with zero attached hydrogens (tertiary/aromatic N) is 3. The summed E-state index contributed by atoms with van der Waals surface area (Å²) >= 11 is 6.81. The highest BCUT2D eigenvalue weighted by Gasteiger charge is 2.42. The van der Waals surface area contributed by atoms with Crippen LogP contribution in [0.25, 0.3) is 0 Å². The second-order valence-electron chi connectivity index (χ2n) is 13.7. The molecule has 0 aromatic heterocycles. The van der Waals surface area contributed by atoms with Crippen LogP contribution in [0.5, 0.6) is 0 Å². The van der Waals surface area contributed by atoms with Gasteiger partial charge in [0.05, 0.1) is 24.5 Å². The Bertz CT molecular complexity index is 1640. The second kappa shape index (κ2) is 14.0. The van der Waals surface area contributed by atoms with Crippen molar-refractivity contribution in [2.45, 2.75) is 91.0 Å². The lowest BCUT2D eigenvalue weighted by atomic mass is 9.80. The van der Waals surface area contributed by atoms with E-state index in [0.717, 1.165) is 41.9 Å². The van der Waals surface area contributed by atoms with Crippen molar-refractivity contribution in [3.63, 3.8) is 0 Å². The Kier molecular flexibility index (Phi) is 10.4. The third kappa shape index (κ3) is 6.79. The van der Waals surface area contributed by atoms with Crippen LogP contribution in [-0.2, 0) is 36.4 Å². The number of amides is 1. The van der Waals surface area contributed by atoms with Gasteiger partial charge in [0.25, 0.3) is 5.91 Å². The number of carbonyl (C=O) groups excluding carboxylic acids is 3. The van der Waals surface area contributed by atoms with Gasteiger partial charge in [-0.05, 0) is 61.2 Å². The predicted molar refractivity (Wildman–Crippen MR) is 196 cm³/mol. The van der Waals surface area contributed by atoms with Crippen LogP contribution in [0.4, 0.5) is 11.4 Å². The summed E-state index contributed by atoms with van der Waals surface area (Å²) in [6.07, 6.45) is 6.55. The number of rotatable bonds is 12. The van der Waals surface area contributed by atoms with Crippen LogP contribution < -0.4 is 9.80 Å². The van der Waals surface area contributed by atoms with Crippen LogP contribution in [0.15, 0.2) is 65.2 Å². The Morgan fingerprint density at radius 1 is 0.979 bits per heavy atom. The summed E-state index contributed by atoms with van der Waals surface area (Å²) in [5.41, 5.74) is 6.30. The average Bonchev–Trinajstić information content (AvgIpc) is 3.50. The molecule has 250 valence electrons. The minimum absolute atomic E-state index is 0.0247. The van der Waals surface area contributed by atoms with Crippen LogP contribution >= 0.6 is 24.0 Å². The lowest BCUT2D eigenvalue weighted by Gasteiger charge is -2.31. The smallest absolute Gasteiger partial charge is 0.307 e. The van der Waals surface area contributed by atoms with Gasteiger partial charge in [0.2, 0.25) is 0 Å². The van der Waals surface area contributed by atoms with Crippen molar-refractivity contribution in [2.75, 3.05) is 36.0 Å². The van der Waals surface area contributed by atoms with E-state index in [0.29, 0.717) is 28.4 Å². The van der Waals surface area contributed by atoms with Crippen molar-refractivity contribution in [1.29, 1.82) is 0 Å². The Morgan fingerprint density at radius 2 is 1.72 bits per heavy atom. The van der Waals surface area contributed by atoms with Gasteiger partial charge in [0.1, 0.15) is 4.32 Å². The average molecular weight is 674 g/mol. The van der Waals surface area contributed by atoms with Gasteiger partial charge >= 0.3 is 5.97 Å². The number of fused-ring (bicyclic) bond motifs is 2. The largest absolute Gasteiger partial charge is 0.466 e. The molecule has 9 heteroatoms. The Labute approximate surface area is 289 Å². The molecule has 7 nitrogen and oxygen atoms in total. The Balaban J connectivity index is 1.30. The first kappa shape index (κ1) is 34.9. The molecule has 0 aliphatic carbocycles. The number of hydrogen-bond donors (Lipinski definition) is 0. The second-order valence-corrected chi connectivity index (χ2v) is 15.4. The Hall–Kier alpha value is -3.43. The van der Waals surface area contributed by atoms with Crippen molar-refractivity contribution in [2.24, 2.45) is 0 Å². The molecule has 0 bridgehead atoms. The van der Waals surface area contributed by atoms with Gasteiger partial charge in [-0.2, -0.15) is 0 Å². The van der Waals surface area contributed by atoms with Crippen LogP contribution in [0.3, 0.4) is 0 Å². The van der Waals surface area contributed by atoms with Gasteiger partial charge in [-0.3, -0.25) is 19.3 Å². The molecule has 2 aromatic carbocycles. The van der Waals surface area contributed by atoms with Gasteiger partial charge in [0, 0.05) is 53.5 Å². The molecule has 5 rings (SSSR count). The molecule has 3 aliphatic heterocycles. The van der Waals surface area contributed by atoms with Gasteiger partial charge in [0.15, 0.2) is 5.78 Å². The maximum absolute atomic E-state index is 13.5. The van der Waals surface area contributed by atoms with Crippen molar-refractivity contribution < 1.29 is 19.1 Å². The van der Waals surface area contributed by atoms with Crippen molar-refractivity contribution >= 4 is 57.3 Å². The third-order valence-electron chi connectivity index (χ3n) is 9.98. The minimum atomic E-state index is -0.347. The highest BCUT2D eigenvalue weighted by Crippen LogP contribution is 2.48. The van der Waals surface area contributed by atoms with Crippen molar-refractivity contribution in [3.05, 3.63) is 81.9 Å². The molecule has 1 saturated heterocycles. The van der Waals surface area contributed by atoms with Crippen LogP contribution in [-0.4, -0.2) is 59.2 Å². The van der Waals surface area contributed by atoms with E-state index in [1.54, 1.807) is 13.0 Å². The fraction of sp³-hybridized carbons (Fsp3) is 0.474. The number of esters is 1. The van der Waals surface area contributed by atoms with Crippen LogP contribution in [0.2, 0.25) is 0 Å². The van der Waals surface area contributed by atoms with Gasteiger partial charge in [-0.15, -0.1) is 0 Å². The summed E-state index contributed by atoms with van der Waals surface area (Å²) in [7, 11) is 0. The van der Waals surface area contributed by atoms with Gasteiger partial charge in [-0.1, -0.05) is 95.4 Å². The fourth-order valence-corrected chi connectivity index (χ4v) is 8.20. The highest BCUT2D eigenvalue weighted by atomic mass is 32.2. The number of para-hydroxylation sites is 1. The summed E-state index contributed by atoms with van der Waals surface area (Å²) < 4.78 is 5.57. The fourth-order valence-electron chi connectivity index (χ4n) is 7.01. The van der Waals surface area contributed by atoms with E-state index in [1.807, 2.05) is 18.2 Å². The molecule has 1 unspecified atom stereocenters. The molecule has 0 radical (unpaired) electrons. The molecular weight excluding hydrogens is 627 g/mol. The van der Waals surface area contributed by atoms with E-state index >= 15 is 0 Å². The first-order valence-electron chi connectivity index (χ1n) is 16.7. The Morgan fingerprint density at radius 3 is 2.45 bits per heavy atom.